The molecule has 98 valence electrons. The van der Waals surface area contributed by atoms with E-state index in [1.165, 1.54) is 6.07 Å². The van der Waals surface area contributed by atoms with Crippen LogP contribution in [0.2, 0.25) is 0 Å². The predicted octanol–water partition coefficient (Wildman–Crippen LogP) is 1.58. The quantitative estimate of drug-likeness (QED) is 0.642. The van der Waals surface area contributed by atoms with Crippen molar-refractivity contribution in [3.63, 3.8) is 0 Å². The molecule has 0 saturated carbocycles. The maximum atomic E-state index is 12.1. The van der Waals surface area contributed by atoms with Crippen molar-refractivity contribution in [2.75, 3.05) is 5.73 Å². The Labute approximate surface area is 109 Å². The number of terminal acetylenes is 1. The van der Waals surface area contributed by atoms with Crippen LogP contribution in [0.1, 0.15) is 24.5 Å². The second-order valence-electron chi connectivity index (χ2n) is 4.20. The Morgan fingerprint density at radius 2 is 2.06 bits per heavy atom. The van der Waals surface area contributed by atoms with Gasteiger partial charge in [0, 0.05) is 5.69 Å². The third-order valence-corrected chi connectivity index (χ3v) is 4.35. The number of nitrogens with one attached hydrogen (secondary N) is 1. The highest BCUT2D eigenvalue weighted by molar-refractivity contribution is 7.89. The molecule has 0 fully saturated rings. The van der Waals surface area contributed by atoms with Crippen LogP contribution in [-0.4, -0.2) is 14.5 Å². The number of anilines is 1. The third kappa shape index (κ3) is 3.03. The molecule has 1 aromatic carbocycles. The zero-order valence-electron chi connectivity index (χ0n) is 10.8. The third-order valence-electron chi connectivity index (χ3n) is 2.90. The molecule has 0 saturated heterocycles. The van der Waals surface area contributed by atoms with Crippen LogP contribution in [0.5, 0.6) is 0 Å². The molecule has 0 spiro atoms. The summed E-state index contributed by atoms with van der Waals surface area (Å²) < 4.78 is 26.7. The molecule has 0 aliphatic carbocycles. The number of rotatable bonds is 4. The van der Waals surface area contributed by atoms with Crippen molar-refractivity contribution < 1.29 is 8.42 Å². The van der Waals surface area contributed by atoms with Gasteiger partial charge in [0.05, 0.1) is 10.9 Å². The molecule has 0 aliphatic rings. The topological polar surface area (TPSA) is 72.2 Å². The second-order valence-corrected chi connectivity index (χ2v) is 5.92. The van der Waals surface area contributed by atoms with E-state index < -0.39 is 16.1 Å². The van der Waals surface area contributed by atoms with Crippen molar-refractivity contribution in [1.82, 2.24) is 4.72 Å². The van der Waals surface area contributed by atoms with Crippen LogP contribution in [0.15, 0.2) is 17.0 Å². The van der Waals surface area contributed by atoms with Gasteiger partial charge in [0.2, 0.25) is 10.0 Å². The fraction of sp³-hybridized carbons (Fsp3) is 0.385. The molecule has 5 heteroatoms. The summed E-state index contributed by atoms with van der Waals surface area (Å²) in [5.74, 6) is 2.40. The summed E-state index contributed by atoms with van der Waals surface area (Å²) in [7, 11) is -3.62. The summed E-state index contributed by atoms with van der Waals surface area (Å²) in [4.78, 5) is 0.150. The molecule has 0 aromatic heterocycles. The average molecular weight is 266 g/mol. The van der Waals surface area contributed by atoms with E-state index in [0.29, 0.717) is 12.1 Å². The average Bonchev–Trinajstić information content (AvgIpc) is 2.32. The molecule has 18 heavy (non-hydrogen) atoms. The summed E-state index contributed by atoms with van der Waals surface area (Å²) in [6, 6.07) is 2.54. The van der Waals surface area contributed by atoms with E-state index in [-0.39, 0.29) is 4.90 Å². The monoisotopic (exact) mass is 266 g/mol. The van der Waals surface area contributed by atoms with E-state index in [1.54, 1.807) is 6.07 Å². The highest BCUT2D eigenvalue weighted by Crippen LogP contribution is 2.21. The van der Waals surface area contributed by atoms with Gasteiger partial charge in [-0.05, 0) is 43.5 Å². The second kappa shape index (κ2) is 5.42. The highest BCUT2D eigenvalue weighted by Gasteiger charge is 2.19. The van der Waals surface area contributed by atoms with Crippen LogP contribution in [-0.2, 0) is 10.0 Å². The summed E-state index contributed by atoms with van der Waals surface area (Å²) in [6.45, 7) is 5.50. The Hall–Kier alpha value is -1.51. The van der Waals surface area contributed by atoms with Gasteiger partial charge in [0.25, 0.3) is 0 Å². The maximum Gasteiger partial charge on any atom is 0.241 e. The molecule has 4 nitrogen and oxygen atoms in total. The van der Waals surface area contributed by atoms with Crippen LogP contribution in [0.4, 0.5) is 5.69 Å². The number of hydrogen-bond acceptors (Lipinski definition) is 3. The summed E-state index contributed by atoms with van der Waals surface area (Å²) in [6.07, 6.45) is 5.79. The molecule has 1 atom stereocenters. The van der Waals surface area contributed by atoms with E-state index in [9.17, 15) is 8.42 Å². The van der Waals surface area contributed by atoms with E-state index in [2.05, 4.69) is 10.6 Å². The zero-order chi connectivity index (χ0) is 13.9. The first kappa shape index (κ1) is 14.6. The summed E-state index contributed by atoms with van der Waals surface area (Å²) in [5, 5.41) is 0. The molecule has 1 rings (SSSR count). The first-order valence-electron chi connectivity index (χ1n) is 5.67. The van der Waals surface area contributed by atoms with Crippen LogP contribution in [0.25, 0.3) is 0 Å². The Kier molecular flexibility index (Phi) is 4.38. The minimum atomic E-state index is -3.62. The van der Waals surface area contributed by atoms with Crippen LogP contribution in [0, 0.1) is 26.2 Å². The van der Waals surface area contributed by atoms with E-state index in [0.717, 1.165) is 11.1 Å². The van der Waals surface area contributed by atoms with Gasteiger partial charge in [0.1, 0.15) is 0 Å². The number of aryl methyl sites for hydroxylation is 1. The van der Waals surface area contributed by atoms with Crippen molar-refractivity contribution in [3.8, 4) is 12.3 Å². The molecule has 0 aliphatic heterocycles. The molecular formula is C13H18N2O2S. The molecule has 0 bridgehead atoms. The minimum absolute atomic E-state index is 0.150. The summed E-state index contributed by atoms with van der Waals surface area (Å²) in [5.41, 5.74) is 7.97. The van der Waals surface area contributed by atoms with Gasteiger partial charge in [-0.15, -0.1) is 6.42 Å². The minimum Gasteiger partial charge on any atom is -0.398 e. The molecule has 0 heterocycles. The van der Waals surface area contributed by atoms with Gasteiger partial charge >= 0.3 is 0 Å². The van der Waals surface area contributed by atoms with Gasteiger partial charge in [-0.2, -0.15) is 4.72 Å². The molecule has 1 aromatic rings. The maximum absolute atomic E-state index is 12.1. The lowest BCUT2D eigenvalue weighted by atomic mass is 10.1. The number of benzene rings is 1. The van der Waals surface area contributed by atoms with E-state index in [4.69, 9.17) is 12.2 Å². The van der Waals surface area contributed by atoms with Gasteiger partial charge in [-0.3, -0.25) is 0 Å². The van der Waals surface area contributed by atoms with Crippen LogP contribution >= 0.6 is 0 Å². The standard InChI is InChI=1S/C13H18N2O2S/c1-5-11(6-2)15-18(16,17)12-7-9(3)10(4)13(14)8-12/h1,7-8,11,15H,6,14H2,2-4H3. The van der Waals surface area contributed by atoms with E-state index >= 15 is 0 Å². The molecular weight excluding hydrogens is 248 g/mol. The Bertz CT molecular complexity index is 562. The van der Waals surface area contributed by atoms with Crippen LogP contribution < -0.4 is 10.5 Å². The number of nitrogen functional groups attached to an aromatic ring is 1. The van der Waals surface area contributed by atoms with Gasteiger partial charge < -0.3 is 5.73 Å². The van der Waals surface area contributed by atoms with E-state index in [1.807, 2.05) is 20.8 Å². The van der Waals surface area contributed by atoms with Crippen molar-refractivity contribution in [2.24, 2.45) is 0 Å². The highest BCUT2D eigenvalue weighted by atomic mass is 32.2. The van der Waals surface area contributed by atoms with Crippen molar-refractivity contribution >= 4 is 15.7 Å². The lowest BCUT2D eigenvalue weighted by Gasteiger charge is -2.13. The number of sulfonamides is 1. The van der Waals surface area contributed by atoms with Crippen molar-refractivity contribution in [2.45, 2.75) is 38.1 Å². The van der Waals surface area contributed by atoms with Gasteiger partial charge in [0.15, 0.2) is 0 Å². The van der Waals surface area contributed by atoms with Crippen molar-refractivity contribution in [1.29, 1.82) is 0 Å². The molecule has 0 radical (unpaired) electrons. The Morgan fingerprint density at radius 1 is 1.44 bits per heavy atom. The molecule has 1 unspecified atom stereocenters. The van der Waals surface area contributed by atoms with Gasteiger partial charge in [-0.25, -0.2) is 8.42 Å². The lowest BCUT2D eigenvalue weighted by Crippen LogP contribution is -2.33. The summed E-state index contributed by atoms with van der Waals surface area (Å²) >= 11 is 0. The Balaban J connectivity index is 3.18. The zero-order valence-corrected chi connectivity index (χ0v) is 11.6. The normalized spacial score (nSPS) is 13.0. The molecule has 3 N–H and O–H groups in total. The lowest BCUT2D eigenvalue weighted by molar-refractivity contribution is 0.570. The largest absolute Gasteiger partial charge is 0.398 e. The van der Waals surface area contributed by atoms with Crippen LogP contribution in [0.3, 0.4) is 0 Å². The SMILES string of the molecule is C#CC(CC)NS(=O)(=O)c1cc(C)c(C)c(N)c1. The predicted molar refractivity (Wildman–Crippen MR) is 73.6 cm³/mol. The van der Waals surface area contributed by atoms with Gasteiger partial charge in [-0.1, -0.05) is 12.8 Å². The Morgan fingerprint density at radius 3 is 2.50 bits per heavy atom. The smallest absolute Gasteiger partial charge is 0.241 e. The number of nitrogens with two attached hydrogens (primary N) is 1. The fourth-order valence-electron chi connectivity index (χ4n) is 1.50. The number of hydrogen-bond donors (Lipinski definition) is 2. The molecule has 0 amide bonds. The van der Waals surface area contributed by atoms with Crippen molar-refractivity contribution in [3.05, 3.63) is 23.3 Å². The first-order chi connectivity index (χ1) is 8.31. The first-order valence-corrected chi connectivity index (χ1v) is 7.15. The fourth-order valence-corrected chi connectivity index (χ4v) is 2.86.